The van der Waals surface area contributed by atoms with Crippen molar-refractivity contribution >= 4 is 11.7 Å². The number of nitrogens with zero attached hydrogens (tertiary/aromatic N) is 3. The largest absolute Gasteiger partial charge is 0.383 e. The highest BCUT2D eigenvalue weighted by atomic mass is 16.6. The van der Waals surface area contributed by atoms with Gasteiger partial charge in [0.15, 0.2) is 5.84 Å². The summed E-state index contributed by atoms with van der Waals surface area (Å²) in [6.07, 6.45) is 0.202. The number of nitrogens with two attached hydrogens (primary N) is 1. The van der Waals surface area contributed by atoms with Gasteiger partial charge >= 0.3 is 0 Å². The molecule has 0 bridgehead atoms. The van der Waals surface area contributed by atoms with Crippen LogP contribution in [0.15, 0.2) is 5.16 Å². The van der Waals surface area contributed by atoms with E-state index in [-0.39, 0.29) is 11.9 Å². The van der Waals surface area contributed by atoms with Crippen molar-refractivity contribution in [1.82, 2.24) is 9.80 Å². The Morgan fingerprint density at radius 2 is 2.29 bits per heavy atom. The predicted octanol–water partition coefficient (Wildman–Crippen LogP) is -0.154. The molecule has 6 heteroatoms. The van der Waals surface area contributed by atoms with E-state index >= 15 is 0 Å². The highest BCUT2D eigenvalue weighted by Gasteiger charge is 2.34. The number of carbonyl (C=O) groups is 1. The third kappa shape index (κ3) is 3.89. The number of amidine groups is 1. The standard InChI is InChI=1S/C11H22N4O2/c1-8(2)15-6-5-9(11(15)16)17-13-10(12)7-14(3)4/h8-9H,5-7H2,1-4H3,(H2,12,13). The molecule has 0 radical (unpaired) electrons. The zero-order valence-corrected chi connectivity index (χ0v) is 11.0. The molecule has 0 saturated carbocycles. The van der Waals surface area contributed by atoms with E-state index in [1.807, 2.05) is 32.8 Å². The van der Waals surface area contributed by atoms with E-state index in [0.717, 1.165) is 6.54 Å². The zero-order valence-electron chi connectivity index (χ0n) is 11.0. The third-order valence-corrected chi connectivity index (χ3v) is 2.59. The fraction of sp³-hybridized carbons (Fsp3) is 0.818. The van der Waals surface area contributed by atoms with Gasteiger partial charge in [-0.1, -0.05) is 5.16 Å². The van der Waals surface area contributed by atoms with Crippen LogP contribution in [-0.4, -0.2) is 60.9 Å². The van der Waals surface area contributed by atoms with E-state index in [1.165, 1.54) is 0 Å². The summed E-state index contributed by atoms with van der Waals surface area (Å²) in [5.41, 5.74) is 5.65. The number of carbonyl (C=O) groups excluding carboxylic acids is 1. The maximum atomic E-state index is 11.9. The Morgan fingerprint density at radius 3 is 2.76 bits per heavy atom. The molecule has 1 unspecified atom stereocenters. The lowest BCUT2D eigenvalue weighted by molar-refractivity contribution is -0.138. The van der Waals surface area contributed by atoms with Crippen molar-refractivity contribution in [2.75, 3.05) is 27.2 Å². The molecule has 0 aromatic carbocycles. The van der Waals surface area contributed by atoms with Gasteiger partial charge < -0.3 is 20.4 Å². The van der Waals surface area contributed by atoms with E-state index in [0.29, 0.717) is 18.8 Å². The Morgan fingerprint density at radius 1 is 1.65 bits per heavy atom. The molecule has 1 heterocycles. The SMILES string of the molecule is CC(C)N1CCC(O/N=C(\N)CN(C)C)C1=O. The monoisotopic (exact) mass is 242 g/mol. The average Bonchev–Trinajstić information content (AvgIpc) is 2.55. The van der Waals surface area contributed by atoms with Gasteiger partial charge in [0, 0.05) is 19.0 Å². The van der Waals surface area contributed by atoms with Gasteiger partial charge in [0.25, 0.3) is 5.91 Å². The summed E-state index contributed by atoms with van der Waals surface area (Å²) in [5.74, 6) is 0.382. The van der Waals surface area contributed by atoms with Crippen molar-refractivity contribution in [3.8, 4) is 0 Å². The van der Waals surface area contributed by atoms with Crippen molar-refractivity contribution in [2.45, 2.75) is 32.4 Å². The molecule has 1 atom stereocenters. The minimum atomic E-state index is -0.474. The molecule has 1 fully saturated rings. The molecule has 2 N–H and O–H groups in total. The van der Waals surface area contributed by atoms with Crippen LogP contribution in [0, 0.1) is 0 Å². The number of amides is 1. The van der Waals surface area contributed by atoms with Gasteiger partial charge in [-0.15, -0.1) is 0 Å². The van der Waals surface area contributed by atoms with Gasteiger partial charge in [-0.25, -0.2) is 0 Å². The second-order valence-electron chi connectivity index (χ2n) is 4.83. The molecular formula is C11H22N4O2. The van der Waals surface area contributed by atoms with Crippen LogP contribution in [0.1, 0.15) is 20.3 Å². The van der Waals surface area contributed by atoms with Crippen LogP contribution < -0.4 is 5.73 Å². The van der Waals surface area contributed by atoms with Crippen LogP contribution in [0.25, 0.3) is 0 Å². The first-order valence-electron chi connectivity index (χ1n) is 5.85. The van der Waals surface area contributed by atoms with E-state index < -0.39 is 6.10 Å². The van der Waals surface area contributed by atoms with E-state index in [4.69, 9.17) is 10.6 Å². The smallest absolute Gasteiger partial charge is 0.266 e. The Labute approximate surface area is 102 Å². The number of likely N-dealkylation sites (N-methyl/N-ethyl adjacent to an activating group) is 1. The van der Waals surface area contributed by atoms with Crippen molar-refractivity contribution < 1.29 is 9.63 Å². The summed E-state index contributed by atoms with van der Waals surface area (Å²) < 4.78 is 0. The predicted molar refractivity (Wildman–Crippen MR) is 66.5 cm³/mol. The normalized spacial score (nSPS) is 21.8. The summed E-state index contributed by atoms with van der Waals surface area (Å²) >= 11 is 0. The summed E-state index contributed by atoms with van der Waals surface area (Å²) in [7, 11) is 3.78. The first-order valence-corrected chi connectivity index (χ1v) is 5.85. The number of hydrogen-bond donors (Lipinski definition) is 1. The molecule has 0 aliphatic carbocycles. The van der Waals surface area contributed by atoms with Crippen LogP contribution in [0.3, 0.4) is 0 Å². The molecule has 1 amide bonds. The molecule has 1 aliphatic rings. The number of oxime groups is 1. The van der Waals surface area contributed by atoms with Gasteiger partial charge in [0.2, 0.25) is 6.10 Å². The molecular weight excluding hydrogens is 220 g/mol. The molecule has 0 aromatic heterocycles. The second-order valence-corrected chi connectivity index (χ2v) is 4.83. The van der Waals surface area contributed by atoms with E-state index in [2.05, 4.69) is 5.16 Å². The highest BCUT2D eigenvalue weighted by Crippen LogP contribution is 2.17. The highest BCUT2D eigenvalue weighted by molar-refractivity contribution is 5.84. The first kappa shape index (κ1) is 13.8. The lowest BCUT2D eigenvalue weighted by Crippen LogP contribution is -2.36. The maximum Gasteiger partial charge on any atom is 0.266 e. The fourth-order valence-corrected chi connectivity index (χ4v) is 1.77. The molecule has 17 heavy (non-hydrogen) atoms. The van der Waals surface area contributed by atoms with Gasteiger partial charge in [-0.3, -0.25) is 4.79 Å². The summed E-state index contributed by atoms with van der Waals surface area (Å²) in [6, 6.07) is 0.208. The minimum absolute atomic E-state index is 0.00130. The van der Waals surface area contributed by atoms with Gasteiger partial charge in [-0.2, -0.15) is 0 Å². The van der Waals surface area contributed by atoms with Crippen LogP contribution in [0.5, 0.6) is 0 Å². The summed E-state index contributed by atoms with van der Waals surface area (Å²) in [5, 5.41) is 3.80. The number of likely N-dealkylation sites (tertiary alicyclic amines) is 1. The number of rotatable bonds is 5. The van der Waals surface area contributed by atoms with Gasteiger partial charge in [-0.05, 0) is 27.9 Å². The molecule has 0 aromatic rings. The molecule has 6 nitrogen and oxygen atoms in total. The van der Waals surface area contributed by atoms with Crippen molar-refractivity contribution in [3.63, 3.8) is 0 Å². The second kappa shape index (κ2) is 5.86. The molecule has 98 valence electrons. The lowest BCUT2D eigenvalue weighted by Gasteiger charge is -2.20. The van der Waals surface area contributed by atoms with Crippen LogP contribution in [0.4, 0.5) is 0 Å². The zero-order chi connectivity index (χ0) is 13.0. The van der Waals surface area contributed by atoms with E-state index in [1.54, 1.807) is 4.90 Å². The van der Waals surface area contributed by atoms with Crippen LogP contribution >= 0.6 is 0 Å². The average molecular weight is 242 g/mol. The Kier molecular flexibility index (Phi) is 4.74. The van der Waals surface area contributed by atoms with Crippen molar-refractivity contribution in [3.05, 3.63) is 0 Å². The summed E-state index contributed by atoms with van der Waals surface area (Å²) in [6.45, 7) is 5.23. The molecule has 1 rings (SSSR count). The van der Waals surface area contributed by atoms with Crippen LogP contribution in [0.2, 0.25) is 0 Å². The maximum absolute atomic E-state index is 11.9. The molecule has 1 aliphatic heterocycles. The van der Waals surface area contributed by atoms with Crippen molar-refractivity contribution in [2.24, 2.45) is 10.9 Å². The van der Waals surface area contributed by atoms with Gasteiger partial charge in [0.05, 0.1) is 6.54 Å². The Bertz CT molecular complexity index is 302. The molecule has 1 saturated heterocycles. The van der Waals surface area contributed by atoms with Crippen molar-refractivity contribution in [1.29, 1.82) is 0 Å². The van der Waals surface area contributed by atoms with E-state index in [9.17, 15) is 4.79 Å². The van der Waals surface area contributed by atoms with Crippen LogP contribution in [-0.2, 0) is 9.63 Å². The fourth-order valence-electron chi connectivity index (χ4n) is 1.77. The van der Waals surface area contributed by atoms with Gasteiger partial charge in [0.1, 0.15) is 0 Å². The third-order valence-electron chi connectivity index (χ3n) is 2.59. The quantitative estimate of drug-likeness (QED) is 0.413. The Balaban J connectivity index is 2.46. The Hall–Kier alpha value is -1.30. The lowest BCUT2D eigenvalue weighted by atomic mass is 10.3. The summed E-state index contributed by atoms with van der Waals surface area (Å²) in [4.78, 5) is 20.7. The first-order chi connectivity index (χ1) is 7.91. The topological polar surface area (TPSA) is 71.2 Å². The number of hydrogen-bond acceptors (Lipinski definition) is 4. The molecule has 0 spiro atoms. The minimum Gasteiger partial charge on any atom is -0.383 e.